The zero-order chi connectivity index (χ0) is 13.1. The molecule has 5 nitrogen and oxygen atoms in total. The van der Waals surface area contributed by atoms with Gasteiger partial charge in [-0.05, 0) is 47.2 Å². The van der Waals surface area contributed by atoms with E-state index < -0.39 is 0 Å². The average molecular weight is 291 g/mol. The smallest absolute Gasteiger partial charge is 0.221 e. The first-order valence-corrected chi connectivity index (χ1v) is 7.37. The van der Waals surface area contributed by atoms with Crippen molar-refractivity contribution in [3.8, 4) is 5.69 Å². The largest absolute Gasteiger partial charge is 0.357 e. The molecule has 0 N–H and O–H groups in total. The van der Waals surface area contributed by atoms with Crippen molar-refractivity contribution < 1.29 is 0 Å². The first-order chi connectivity index (χ1) is 9.34. The van der Waals surface area contributed by atoms with Gasteiger partial charge in [-0.2, -0.15) is 4.68 Å². The Morgan fingerprint density at radius 2 is 1.89 bits per heavy atom. The van der Waals surface area contributed by atoms with Gasteiger partial charge in [-0.3, -0.25) is 0 Å². The van der Waals surface area contributed by atoms with E-state index in [1.807, 2.05) is 30.3 Å². The topological polar surface area (TPSA) is 46.8 Å². The van der Waals surface area contributed by atoms with Crippen molar-refractivity contribution in [3.63, 3.8) is 0 Å². The number of nitrogens with zero attached hydrogens (tertiary/aromatic N) is 5. The van der Waals surface area contributed by atoms with Gasteiger partial charge < -0.3 is 4.90 Å². The number of para-hydroxylation sites is 1. The second-order valence-corrected chi connectivity index (χ2v) is 5.87. The molecule has 1 aliphatic heterocycles. The lowest BCUT2D eigenvalue weighted by molar-refractivity contribution is 0.539. The highest BCUT2D eigenvalue weighted by atomic mass is 32.2. The van der Waals surface area contributed by atoms with Gasteiger partial charge >= 0.3 is 0 Å². The van der Waals surface area contributed by atoms with Gasteiger partial charge in [-0.15, -0.1) is 5.10 Å². The fourth-order valence-electron chi connectivity index (χ4n) is 2.02. The van der Waals surface area contributed by atoms with Crippen LogP contribution in [-0.4, -0.2) is 42.5 Å². The molecule has 19 heavy (non-hydrogen) atoms. The molecule has 2 heterocycles. The van der Waals surface area contributed by atoms with E-state index in [9.17, 15) is 0 Å². The van der Waals surface area contributed by atoms with Gasteiger partial charge in [0.15, 0.2) is 0 Å². The number of rotatable bonds is 2. The molecular weight excluding hydrogens is 278 g/mol. The highest BCUT2D eigenvalue weighted by Gasteiger charge is 2.19. The molecule has 7 heteroatoms. The van der Waals surface area contributed by atoms with Crippen LogP contribution in [0, 0.1) is 0 Å². The second kappa shape index (κ2) is 5.66. The number of benzene rings is 1. The highest BCUT2D eigenvalue weighted by molar-refractivity contribution is 8.22. The number of tetrazole rings is 1. The standard InChI is InChI=1S/C12H13N5S2/c18-12(16-8-4-5-9-16)19-11-13-14-15-17(11)10-6-2-1-3-7-10/h1-3,6-7H,4-5,8-9H2. The number of thioether (sulfide) groups is 1. The summed E-state index contributed by atoms with van der Waals surface area (Å²) in [5, 5.41) is 12.5. The van der Waals surface area contributed by atoms with Crippen molar-refractivity contribution in [3.05, 3.63) is 30.3 Å². The van der Waals surface area contributed by atoms with Crippen LogP contribution in [-0.2, 0) is 0 Å². The van der Waals surface area contributed by atoms with E-state index in [0.717, 1.165) is 23.1 Å². The van der Waals surface area contributed by atoms with Crippen LogP contribution in [0.4, 0.5) is 0 Å². The molecule has 0 amide bonds. The minimum atomic E-state index is 0.711. The Hall–Kier alpha value is -1.47. The Morgan fingerprint density at radius 3 is 2.63 bits per heavy atom. The van der Waals surface area contributed by atoms with Gasteiger partial charge in [-0.25, -0.2) is 0 Å². The zero-order valence-electron chi connectivity index (χ0n) is 10.3. The molecule has 1 saturated heterocycles. The quantitative estimate of drug-likeness (QED) is 0.624. The first-order valence-electron chi connectivity index (χ1n) is 6.15. The van der Waals surface area contributed by atoms with Crippen molar-refractivity contribution in [1.82, 2.24) is 25.1 Å². The van der Waals surface area contributed by atoms with Gasteiger partial charge in [0.25, 0.3) is 0 Å². The molecule has 0 atom stereocenters. The Labute approximate surface area is 121 Å². The summed E-state index contributed by atoms with van der Waals surface area (Å²) in [5.74, 6) is 0. The lowest BCUT2D eigenvalue weighted by atomic mass is 10.3. The molecule has 0 aliphatic carbocycles. The van der Waals surface area contributed by atoms with Crippen molar-refractivity contribution in [2.75, 3.05) is 13.1 Å². The monoisotopic (exact) mass is 291 g/mol. The summed E-state index contributed by atoms with van der Waals surface area (Å²) in [4.78, 5) is 2.21. The van der Waals surface area contributed by atoms with Gasteiger partial charge in [0.05, 0.1) is 5.69 Å². The van der Waals surface area contributed by atoms with E-state index in [1.54, 1.807) is 4.68 Å². The minimum absolute atomic E-state index is 0.711. The Bertz CT molecular complexity index is 563. The summed E-state index contributed by atoms with van der Waals surface area (Å²) in [6.45, 7) is 2.08. The van der Waals surface area contributed by atoms with Crippen LogP contribution in [0.1, 0.15) is 12.8 Å². The van der Waals surface area contributed by atoms with Crippen molar-refractivity contribution >= 4 is 28.3 Å². The molecule has 1 aromatic heterocycles. The maximum atomic E-state index is 5.45. The number of thiocarbonyl (C=S) groups is 1. The molecule has 1 aromatic carbocycles. The van der Waals surface area contributed by atoms with Crippen LogP contribution in [0.3, 0.4) is 0 Å². The predicted octanol–water partition coefficient (Wildman–Crippen LogP) is 2.14. The van der Waals surface area contributed by atoms with Gasteiger partial charge in [0, 0.05) is 13.1 Å². The molecular formula is C12H13N5S2. The fourth-order valence-corrected chi connectivity index (χ4v) is 3.20. The second-order valence-electron chi connectivity index (χ2n) is 4.27. The summed E-state index contributed by atoms with van der Waals surface area (Å²) in [7, 11) is 0. The van der Waals surface area contributed by atoms with E-state index in [-0.39, 0.29) is 0 Å². The van der Waals surface area contributed by atoms with Gasteiger partial charge in [0.2, 0.25) is 5.16 Å². The number of hydrogen-bond acceptors (Lipinski definition) is 5. The van der Waals surface area contributed by atoms with Crippen LogP contribution < -0.4 is 0 Å². The highest BCUT2D eigenvalue weighted by Crippen LogP contribution is 2.23. The third-order valence-corrected chi connectivity index (χ3v) is 4.36. The van der Waals surface area contributed by atoms with E-state index in [1.165, 1.54) is 24.6 Å². The molecule has 0 unspecified atom stereocenters. The van der Waals surface area contributed by atoms with Gasteiger partial charge in [0.1, 0.15) is 4.32 Å². The fraction of sp³-hybridized carbons (Fsp3) is 0.333. The molecule has 0 bridgehead atoms. The lowest BCUT2D eigenvalue weighted by Gasteiger charge is -2.16. The van der Waals surface area contributed by atoms with Crippen LogP contribution >= 0.6 is 24.0 Å². The lowest BCUT2D eigenvalue weighted by Crippen LogP contribution is -2.23. The average Bonchev–Trinajstić information content (AvgIpc) is 3.11. The van der Waals surface area contributed by atoms with E-state index >= 15 is 0 Å². The van der Waals surface area contributed by atoms with E-state index in [4.69, 9.17) is 12.2 Å². The maximum Gasteiger partial charge on any atom is 0.221 e. The number of hydrogen-bond donors (Lipinski definition) is 0. The van der Waals surface area contributed by atoms with Crippen LogP contribution in [0.2, 0.25) is 0 Å². The minimum Gasteiger partial charge on any atom is -0.357 e. The molecule has 1 fully saturated rings. The van der Waals surface area contributed by atoms with Crippen molar-refractivity contribution in [2.24, 2.45) is 0 Å². The Balaban J connectivity index is 1.79. The van der Waals surface area contributed by atoms with Crippen LogP contribution in [0.15, 0.2) is 35.5 Å². The van der Waals surface area contributed by atoms with Gasteiger partial charge in [-0.1, -0.05) is 30.4 Å². The Morgan fingerprint density at radius 1 is 1.16 bits per heavy atom. The summed E-state index contributed by atoms with van der Waals surface area (Å²) in [6.07, 6.45) is 2.43. The van der Waals surface area contributed by atoms with E-state index in [0.29, 0.717) is 5.16 Å². The molecule has 98 valence electrons. The van der Waals surface area contributed by atoms with Crippen LogP contribution in [0.5, 0.6) is 0 Å². The maximum absolute atomic E-state index is 5.45. The molecule has 2 aromatic rings. The summed E-state index contributed by atoms with van der Waals surface area (Å²) < 4.78 is 2.57. The molecule has 0 saturated carbocycles. The number of aromatic nitrogens is 4. The first kappa shape index (κ1) is 12.6. The summed E-state index contributed by atoms with van der Waals surface area (Å²) in [6, 6.07) is 9.84. The molecule has 3 rings (SSSR count). The molecule has 0 spiro atoms. The SMILES string of the molecule is S=C(Sc1nnnn1-c1ccccc1)N1CCCC1. The molecule has 0 radical (unpaired) electrons. The van der Waals surface area contributed by atoms with Crippen molar-refractivity contribution in [2.45, 2.75) is 18.0 Å². The molecule has 1 aliphatic rings. The van der Waals surface area contributed by atoms with Crippen LogP contribution in [0.25, 0.3) is 5.69 Å². The third kappa shape index (κ3) is 2.76. The zero-order valence-corrected chi connectivity index (χ0v) is 11.9. The third-order valence-electron chi connectivity index (χ3n) is 2.98. The Kier molecular flexibility index (Phi) is 3.74. The normalized spacial score (nSPS) is 14.8. The summed E-state index contributed by atoms with van der Waals surface area (Å²) >= 11 is 6.90. The number of likely N-dealkylation sites (tertiary alicyclic amines) is 1. The van der Waals surface area contributed by atoms with E-state index in [2.05, 4.69) is 20.4 Å². The van der Waals surface area contributed by atoms with Crippen molar-refractivity contribution in [1.29, 1.82) is 0 Å². The summed E-state index contributed by atoms with van der Waals surface area (Å²) in [5.41, 5.74) is 0.944. The predicted molar refractivity (Wildman–Crippen MR) is 78.4 cm³/mol.